The monoisotopic (exact) mass is 231 g/mol. The van der Waals surface area contributed by atoms with Crippen molar-refractivity contribution in [3.63, 3.8) is 0 Å². The van der Waals surface area contributed by atoms with Gasteiger partial charge in [-0.05, 0) is 37.3 Å². The fraction of sp³-hybridized carbons (Fsp3) is 0.533. The molecule has 2 N–H and O–H groups in total. The third kappa shape index (κ3) is 3.16. The van der Waals surface area contributed by atoms with Crippen LogP contribution >= 0.6 is 0 Å². The van der Waals surface area contributed by atoms with E-state index in [4.69, 9.17) is 5.73 Å². The maximum atomic E-state index is 12.1. The lowest BCUT2D eigenvalue weighted by Gasteiger charge is -2.16. The second-order valence-electron chi connectivity index (χ2n) is 4.99. The largest absolute Gasteiger partial charge is 0.330 e. The average Bonchev–Trinajstić information content (AvgIpc) is 2.85. The van der Waals surface area contributed by atoms with E-state index in [-0.39, 0.29) is 5.92 Å². The summed E-state index contributed by atoms with van der Waals surface area (Å²) in [5, 5.41) is 0. The molecule has 1 aliphatic carbocycles. The van der Waals surface area contributed by atoms with Gasteiger partial charge >= 0.3 is 0 Å². The lowest BCUT2D eigenvalue weighted by atomic mass is 9.89. The van der Waals surface area contributed by atoms with Crippen molar-refractivity contribution >= 4 is 5.78 Å². The summed E-state index contributed by atoms with van der Waals surface area (Å²) in [4.78, 5) is 12.1. The lowest BCUT2D eigenvalue weighted by Crippen LogP contribution is -2.25. The SMILES string of the molecule is NCC1CCCC1C(=O)CCc1ccccc1. The highest BCUT2D eigenvalue weighted by Crippen LogP contribution is 2.32. The Morgan fingerprint density at radius 3 is 2.71 bits per heavy atom. The van der Waals surface area contributed by atoms with Crippen molar-refractivity contribution in [2.24, 2.45) is 17.6 Å². The van der Waals surface area contributed by atoms with E-state index in [0.29, 0.717) is 24.7 Å². The Bertz CT molecular complexity index is 360. The van der Waals surface area contributed by atoms with Crippen molar-refractivity contribution in [2.45, 2.75) is 32.1 Å². The van der Waals surface area contributed by atoms with Gasteiger partial charge in [0.05, 0.1) is 0 Å². The van der Waals surface area contributed by atoms with Crippen LogP contribution in [0.4, 0.5) is 0 Å². The summed E-state index contributed by atoms with van der Waals surface area (Å²) < 4.78 is 0. The molecule has 0 aliphatic heterocycles. The van der Waals surface area contributed by atoms with Crippen LogP contribution in [0.3, 0.4) is 0 Å². The molecule has 0 heterocycles. The maximum absolute atomic E-state index is 12.1. The third-order valence-corrected chi connectivity index (χ3v) is 3.88. The highest BCUT2D eigenvalue weighted by atomic mass is 16.1. The van der Waals surface area contributed by atoms with Gasteiger partial charge in [-0.3, -0.25) is 4.79 Å². The quantitative estimate of drug-likeness (QED) is 0.846. The number of carbonyl (C=O) groups is 1. The number of hydrogen-bond donors (Lipinski definition) is 1. The Labute approximate surface area is 103 Å². The summed E-state index contributed by atoms with van der Waals surface area (Å²) in [5.41, 5.74) is 6.97. The fourth-order valence-corrected chi connectivity index (χ4v) is 2.84. The van der Waals surface area contributed by atoms with Crippen molar-refractivity contribution < 1.29 is 4.79 Å². The second kappa shape index (κ2) is 5.97. The van der Waals surface area contributed by atoms with Gasteiger partial charge in [0.2, 0.25) is 0 Å². The molecule has 1 aliphatic rings. The Kier molecular flexibility index (Phi) is 4.32. The summed E-state index contributed by atoms with van der Waals surface area (Å²) in [5.74, 6) is 1.10. The number of Topliss-reactive ketones (excluding diaryl/α,β-unsaturated/α-hetero) is 1. The van der Waals surface area contributed by atoms with Gasteiger partial charge in [0.15, 0.2) is 0 Å². The van der Waals surface area contributed by atoms with Crippen molar-refractivity contribution in [3.05, 3.63) is 35.9 Å². The summed E-state index contributed by atoms with van der Waals surface area (Å²) in [6.07, 6.45) is 4.90. The molecular weight excluding hydrogens is 210 g/mol. The second-order valence-corrected chi connectivity index (χ2v) is 4.99. The van der Waals surface area contributed by atoms with Crippen LogP contribution in [0, 0.1) is 11.8 Å². The zero-order valence-corrected chi connectivity index (χ0v) is 10.3. The molecule has 0 amide bonds. The number of benzene rings is 1. The number of aryl methyl sites for hydroxylation is 1. The van der Waals surface area contributed by atoms with E-state index in [1.54, 1.807) is 0 Å². The molecule has 1 aromatic rings. The van der Waals surface area contributed by atoms with Crippen molar-refractivity contribution in [1.82, 2.24) is 0 Å². The minimum atomic E-state index is 0.240. The molecule has 0 radical (unpaired) electrons. The van der Waals surface area contributed by atoms with E-state index >= 15 is 0 Å². The van der Waals surface area contributed by atoms with Gasteiger partial charge in [-0.1, -0.05) is 36.8 Å². The Balaban J connectivity index is 1.85. The zero-order valence-electron chi connectivity index (χ0n) is 10.3. The summed E-state index contributed by atoms with van der Waals surface area (Å²) in [7, 11) is 0. The van der Waals surface area contributed by atoms with Gasteiger partial charge in [-0.15, -0.1) is 0 Å². The summed E-state index contributed by atoms with van der Waals surface area (Å²) >= 11 is 0. The van der Waals surface area contributed by atoms with E-state index in [1.165, 1.54) is 12.0 Å². The van der Waals surface area contributed by atoms with Crippen LogP contribution in [0.15, 0.2) is 30.3 Å². The van der Waals surface area contributed by atoms with E-state index < -0.39 is 0 Å². The van der Waals surface area contributed by atoms with Gasteiger partial charge in [0.25, 0.3) is 0 Å². The molecule has 2 atom stereocenters. The molecule has 0 aromatic heterocycles. The molecule has 2 unspecified atom stereocenters. The molecule has 1 saturated carbocycles. The minimum Gasteiger partial charge on any atom is -0.330 e. The number of carbonyl (C=O) groups excluding carboxylic acids is 1. The fourth-order valence-electron chi connectivity index (χ4n) is 2.84. The van der Waals surface area contributed by atoms with E-state index in [9.17, 15) is 4.79 Å². The van der Waals surface area contributed by atoms with Crippen molar-refractivity contribution in [1.29, 1.82) is 0 Å². The van der Waals surface area contributed by atoms with Gasteiger partial charge in [0, 0.05) is 12.3 Å². The van der Waals surface area contributed by atoms with Crippen molar-refractivity contribution in [3.8, 4) is 0 Å². The highest BCUT2D eigenvalue weighted by Gasteiger charge is 2.31. The molecule has 2 nitrogen and oxygen atoms in total. The van der Waals surface area contributed by atoms with Crippen LogP contribution < -0.4 is 5.73 Å². The average molecular weight is 231 g/mol. The van der Waals surface area contributed by atoms with Gasteiger partial charge in [0.1, 0.15) is 5.78 Å². The van der Waals surface area contributed by atoms with Crippen LogP contribution in [0.5, 0.6) is 0 Å². The molecule has 1 fully saturated rings. The smallest absolute Gasteiger partial charge is 0.136 e. The van der Waals surface area contributed by atoms with Crippen LogP contribution in [0.2, 0.25) is 0 Å². The molecule has 92 valence electrons. The third-order valence-electron chi connectivity index (χ3n) is 3.88. The summed E-state index contributed by atoms with van der Waals surface area (Å²) in [6.45, 7) is 0.668. The van der Waals surface area contributed by atoms with Crippen LogP contribution in [0.25, 0.3) is 0 Å². The predicted molar refractivity (Wildman–Crippen MR) is 69.7 cm³/mol. The highest BCUT2D eigenvalue weighted by molar-refractivity contribution is 5.81. The molecule has 1 aromatic carbocycles. The number of rotatable bonds is 5. The number of hydrogen-bond acceptors (Lipinski definition) is 2. The van der Waals surface area contributed by atoms with Gasteiger partial charge in [-0.25, -0.2) is 0 Å². The van der Waals surface area contributed by atoms with Crippen LogP contribution in [0.1, 0.15) is 31.2 Å². The predicted octanol–water partition coefficient (Wildman–Crippen LogP) is 2.56. The first-order chi connectivity index (χ1) is 8.31. The zero-order chi connectivity index (χ0) is 12.1. The Morgan fingerprint density at radius 1 is 1.24 bits per heavy atom. The maximum Gasteiger partial charge on any atom is 0.136 e. The van der Waals surface area contributed by atoms with Gasteiger partial charge in [-0.2, -0.15) is 0 Å². The number of nitrogens with two attached hydrogens (primary N) is 1. The normalized spacial score (nSPS) is 23.8. The molecule has 2 heteroatoms. The Hall–Kier alpha value is -1.15. The molecule has 0 bridgehead atoms. The van der Waals surface area contributed by atoms with E-state index in [0.717, 1.165) is 19.3 Å². The molecular formula is C15H21NO. The Morgan fingerprint density at radius 2 is 2.00 bits per heavy atom. The van der Waals surface area contributed by atoms with Gasteiger partial charge < -0.3 is 5.73 Å². The minimum absolute atomic E-state index is 0.240. The molecule has 2 rings (SSSR count). The molecule has 0 spiro atoms. The molecule has 0 saturated heterocycles. The van der Waals surface area contributed by atoms with E-state index in [2.05, 4.69) is 12.1 Å². The van der Waals surface area contributed by atoms with Crippen molar-refractivity contribution in [2.75, 3.05) is 6.54 Å². The first-order valence-corrected chi connectivity index (χ1v) is 6.58. The summed E-state index contributed by atoms with van der Waals surface area (Å²) in [6, 6.07) is 10.2. The van der Waals surface area contributed by atoms with Crippen LogP contribution in [-0.4, -0.2) is 12.3 Å². The molecule has 17 heavy (non-hydrogen) atoms. The first kappa shape index (κ1) is 12.3. The lowest BCUT2D eigenvalue weighted by molar-refractivity contribution is -0.123. The topological polar surface area (TPSA) is 43.1 Å². The number of ketones is 1. The standard InChI is InChI=1S/C15H21NO/c16-11-13-7-4-8-14(13)15(17)10-9-12-5-2-1-3-6-12/h1-3,5-6,13-14H,4,7-11,16H2. The van der Waals surface area contributed by atoms with Crippen LogP contribution in [-0.2, 0) is 11.2 Å². The van der Waals surface area contributed by atoms with E-state index in [1.807, 2.05) is 18.2 Å². The first-order valence-electron chi connectivity index (χ1n) is 6.58.